The molecular weight excluding hydrogens is 264 g/mol. The summed E-state index contributed by atoms with van der Waals surface area (Å²) in [5.41, 5.74) is 0. The van der Waals surface area contributed by atoms with E-state index in [1.165, 1.54) is 25.7 Å². The first-order valence-corrected chi connectivity index (χ1v) is 9.08. The predicted molar refractivity (Wildman–Crippen MR) is 74.6 cm³/mol. The standard InChI is InChI=1S/C13H24N2O3S/c16-13(15-6-5-11-3-1-2-4-11)9-12-10-19(17,18)8-7-14-12/h11-12,14H,1-10H2,(H,15,16). The van der Waals surface area contributed by atoms with Crippen molar-refractivity contribution >= 4 is 15.7 Å². The number of nitrogens with one attached hydrogen (secondary N) is 2. The van der Waals surface area contributed by atoms with Crippen LogP contribution in [0.1, 0.15) is 38.5 Å². The summed E-state index contributed by atoms with van der Waals surface area (Å²) in [4.78, 5) is 11.8. The van der Waals surface area contributed by atoms with Crippen LogP contribution < -0.4 is 10.6 Å². The maximum atomic E-state index is 11.8. The highest BCUT2D eigenvalue weighted by atomic mass is 32.2. The van der Waals surface area contributed by atoms with Gasteiger partial charge in [0.25, 0.3) is 0 Å². The highest BCUT2D eigenvalue weighted by Gasteiger charge is 2.25. The van der Waals surface area contributed by atoms with Crippen molar-refractivity contribution in [1.29, 1.82) is 0 Å². The number of sulfone groups is 1. The average Bonchev–Trinajstić information content (AvgIpc) is 2.80. The second kappa shape index (κ2) is 6.70. The van der Waals surface area contributed by atoms with Gasteiger partial charge in [0.1, 0.15) is 0 Å². The van der Waals surface area contributed by atoms with Crippen LogP contribution in [0.5, 0.6) is 0 Å². The van der Waals surface area contributed by atoms with E-state index in [-0.39, 0.29) is 29.9 Å². The number of carbonyl (C=O) groups is 1. The second-order valence-electron chi connectivity index (χ2n) is 5.76. The molecule has 1 aliphatic carbocycles. The minimum Gasteiger partial charge on any atom is -0.356 e. The highest BCUT2D eigenvalue weighted by Crippen LogP contribution is 2.26. The first kappa shape index (κ1) is 14.8. The third-order valence-electron chi connectivity index (χ3n) is 4.08. The van der Waals surface area contributed by atoms with E-state index < -0.39 is 9.84 Å². The number of hydrogen-bond acceptors (Lipinski definition) is 4. The molecule has 0 spiro atoms. The third-order valence-corrected chi connectivity index (χ3v) is 5.82. The Kier molecular flexibility index (Phi) is 5.21. The van der Waals surface area contributed by atoms with E-state index in [0.717, 1.165) is 18.9 Å². The van der Waals surface area contributed by atoms with Gasteiger partial charge >= 0.3 is 0 Å². The van der Waals surface area contributed by atoms with Gasteiger partial charge in [-0.1, -0.05) is 25.7 Å². The fourth-order valence-corrected chi connectivity index (χ4v) is 4.45. The van der Waals surface area contributed by atoms with Crippen molar-refractivity contribution in [2.24, 2.45) is 5.92 Å². The fraction of sp³-hybridized carbons (Fsp3) is 0.923. The van der Waals surface area contributed by atoms with Crippen molar-refractivity contribution < 1.29 is 13.2 Å². The molecule has 0 bridgehead atoms. The van der Waals surface area contributed by atoms with Crippen molar-refractivity contribution in [2.75, 3.05) is 24.6 Å². The summed E-state index contributed by atoms with van der Waals surface area (Å²) in [7, 11) is -2.95. The minimum atomic E-state index is -2.95. The van der Waals surface area contributed by atoms with E-state index in [1.807, 2.05) is 0 Å². The van der Waals surface area contributed by atoms with Crippen LogP contribution in [0.4, 0.5) is 0 Å². The molecule has 19 heavy (non-hydrogen) atoms. The van der Waals surface area contributed by atoms with Crippen LogP contribution in [0, 0.1) is 5.92 Å². The highest BCUT2D eigenvalue weighted by molar-refractivity contribution is 7.91. The van der Waals surface area contributed by atoms with Crippen LogP contribution in [0.3, 0.4) is 0 Å². The van der Waals surface area contributed by atoms with Crippen LogP contribution in [0.15, 0.2) is 0 Å². The summed E-state index contributed by atoms with van der Waals surface area (Å²) < 4.78 is 22.9. The predicted octanol–water partition coefficient (Wildman–Crippen LogP) is 0.460. The topological polar surface area (TPSA) is 75.3 Å². The van der Waals surface area contributed by atoms with Crippen LogP contribution in [-0.4, -0.2) is 45.0 Å². The van der Waals surface area contributed by atoms with E-state index in [4.69, 9.17) is 0 Å². The second-order valence-corrected chi connectivity index (χ2v) is 7.99. The van der Waals surface area contributed by atoms with Crippen molar-refractivity contribution in [3.05, 3.63) is 0 Å². The molecule has 2 N–H and O–H groups in total. The zero-order valence-electron chi connectivity index (χ0n) is 11.4. The zero-order valence-corrected chi connectivity index (χ0v) is 12.2. The van der Waals surface area contributed by atoms with Gasteiger partial charge in [0, 0.05) is 25.6 Å². The molecule has 1 saturated carbocycles. The first-order chi connectivity index (χ1) is 9.05. The molecule has 1 amide bonds. The molecule has 0 aromatic heterocycles. The average molecular weight is 288 g/mol. The molecule has 5 nitrogen and oxygen atoms in total. The Hall–Kier alpha value is -0.620. The molecule has 1 atom stereocenters. The molecule has 2 aliphatic rings. The number of hydrogen-bond donors (Lipinski definition) is 2. The van der Waals surface area contributed by atoms with Gasteiger partial charge in [-0.3, -0.25) is 4.79 Å². The minimum absolute atomic E-state index is 0.0346. The van der Waals surface area contributed by atoms with Crippen molar-refractivity contribution in [2.45, 2.75) is 44.6 Å². The fourth-order valence-electron chi connectivity index (χ4n) is 3.01. The molecule has 0 aromatic rings. The molecule has 6 heteroatoms. The van der Waals surface area contributed by atoms with Gasteiger partial charge in [0.05, 0.1) is 11.5 Å². The Bertz CT molecular complexity index is 402. The van der Waals surface area contributed by atoms with Gasteiger partial charge in [-0.2, -0.15) is 0 Å². The largest absolute Gasteiger partial charge is 0.356 e. The Morgan fingerprint density at radius 3 is 2.68 bits per heavy atom. The zero-order chi connectivity index (χ0) is 13.7. The Balaban J connectivity index is 1.63. The summed E-state index contributed by atoms with van der Waals surface area (Å²) in [6.45, 7) is 1.19. The summed E-state index contributed by atoms with van der Waals surface area (Å²) >= 11 is 0. The van der Waals surface area contributed by atoms with Crippen molar-refractivity contribution in [3.8, 4) is 0 Å². The molecule has 0 radical (unpaired) electrons. The van der Waals surface area contributed by atoms with Crippen molar-refractivity contribution in [1.82, 2.24) is 10.6 Å². The van der Waals surface area contributed by atoms with E-state index in [0.29, 0.717) is 6.54 Å². The molecular formula is C13H24N2O3S. The van der Waals surface area contributed by atoms with Crippen LogP contribution in [0.25, 0.3) is 0 Å². The van der Waals surface area contributed by atoms with E-state index in [1.54, 1.807) is 0 Å². The van der Waals surface area contributed by atoms with Gasteiger partial charge in [-0.25, -0.2) is 8.42 Å². The molecule has 1 aliphatic heterocycles. The normalized spacial score (nSPS) is 27.3. The third kappa shape index (κ3) is 5.10. The Morgan fingerprint density at radius 1 is 1.26 bits per heavy atom. The summed E-state index contributed by atoms with van der Waals surface area (Å²) in [6.07, 6.45) is 6.55. The molecule has 1 unspecified atom stereocenters. The lowest BCUT2D eigenvalue weighted by atomic mass is 10.0. The van der Waals surface area contributed by atoms with E-state index in [9.17, 15) is 13.2 Å². The number of amides is 1. The number of carbonyl (C=O) groups excluding carboxylic acids is 1. The first-order valence-electron chi connectivity index (χ1n) is 7.26. The van der Waals surface area contributed by atoms with Crippen LogP contribution in [-0.2, 0) is 14.6 Å². The van der Waals surface area contributed by atoms with Gasteiger partial charge in [0.2, 0.25) is 5.91 Å². The van der Waals surface area contributed by atoms with E-state index in [2.05, 4.69) is 10.6 Å². The lowest BCUT2D eigenvalue weighted by Crippen LogP contribution is -2.47. The number of rotatable bonds is 5. The molecule has 110 valence electrons. The monoisotopic (exact) mass is 288 g/mol. The molecule has 2 fully saturated rings. The molecule has 1 heterocycles. The lowest BCUT2D eigenvalue weighted by molar-refractivity contribution is -0.121. The molecule has 1 saturated heterocycles. The quantitative estimate of drug-likeness (QED) is 0.770. The summed E-state index contributed by atoms with van der Waals surface area (Å²) in [6, 6.07) is -0.217. The van der Waals surface area contributed by atoms with E-state index >= 15 is 0 Å². The van der Waals surface area contributed by atoms with Gasteiger partial charge in [-0.05, 0) is 12.3 Å². The van der Waals surface area contributed by atoms with Gasteiger partial charge in [0.15, 0.2) is 9.84 Å². The van der Waals surface area contributed by atoms with Crippen molar-refractivity contribution in [3.63, 3.8) is 0 Å². The Labute approximate surface area is 115 Å². The SMILES string of the molecule is O=C(CC1CS(=O)(=O)CCN1)NCCC1CCCC1. The smallest absolute Gasteiger partial charge is 0.221 e. The van der Waals surface area contributed by atoms with Gasteiger partial charge < -0.3 is 10.6 Å². The van der Waals surface area contributed by atoms with Gasteiger partial charge in [-0.15, -0.1) is 0 Å². The maximum absolute atomic E-state index is 11.8. The maximum Gasteiger partial charge on any atom is 0.221 e. The Morgan fingerprint density at radius 2 is 2.00 bits per heavy atom. The van der Waals surface area contributed by atoms with Crippen LogP contribution in [0.2, 0.25) is 0 Å². The van der Waals surface area contributed by atoms with Crippen LogP contribution >= 0.6 is 0 Å². The summed E-state index contributed by atoms with van der Waals surface area (Å²) in [5, 5.41) is 6.01. The molecule has 2 rings (SSSR count). The molecule has 0 aromatic carbocycles. The lowest BCUT2D eigenvalue weighted by Gasteiger charge is -2.23. The summed E-state index contributed by atoms with van der Waals surface area (Å²) in [5.74, 6) is 1.01.